The Kier molecular flexibility index (Phi) is 3.68. The van der Waals surface area contributed by atoms with Gasteiger partial charge in [-0.2, -0.15) is 0 Å². The molecule has 1 aliphatic heterocycles. The Balaban J connectivity index is 2.39. The zero-order valence-corrected chi connectivity index (χ0v) is 9.25. The largest absolute Gasteiger partial charge is 0.394 e. The van der Waals surface area contributed by atoms with Crippen LogP contribution in [-0.2, 0) is 9.59 Å². The molecule has 1 heterocycles. The molecule has 0 aliphatic carbocycles. The van der Waals surface area contributed by atoms with Crippen molar-refractivity contribution in [2.75, 3.05) is 19.7 Å². The second-order valence-corrected chi connectivity index (χ2v) is 4.51. The van der Waals surface area contributed by atoms with Crippen LogP contribution in [0, 0.1) is 0 Å². The van der Waals surface area contributed by atoms with Crippen LogP contribution in [0.25, 0.3) is 0 Å². The molecule has 2 amide bonds. The Labute approximate surface area is 89.4 Å². The van der Waals surface area contributed by atoms with E-state index < -0.39 is 5.54 Å². The molecule has 0 aromatic rings. The summed E-state index contributed by atoms with van der Waals surface area (Å²) in [6, 6.07) is 0. The average molecular weight is 214 g/mol. The highest BCUT2D eigenvalue weighted by atomic mass is 16.3. The molecule has 5 heteroatoms. The lowest BCUT2D eigenvalue weighted by atomic mass is 10.1. The normalized spacial score (nSPS) is 17.0. The van der Waals surface area contributed by atoms with Crippen molar-refractivity contribution < 1.29 is 14.7 Å². The quantitative estimate of drug-likeness (QED) is 0.662. The van der Waals surface area contributed by atoms with E-state index in [1.54, 1.807) is 18.7 Å². The van der Waals surface area contributed by atoms with Gasteiger partial charge >= 0.3 is 0 Å². The lowest BCUT2D eigenvalue weighted by Crippen LogP contribution is -2.50. The highest BCUT2D eigenvalue weighted by Gasteiger charge is 2.25. The van der Waals surface area contributed by atoms with Gasteiger partial charge in [0.1, 0.15) is 0 Å². The van der Waals surface area contributed by atoms with Gasteiger partial charge in [-0.1, -0.05) is 0 Å². The first kappa shape index (κ1) is 12.0. The summed E-state index contributed by atoms with van der Waals surface area (Å²) in [6.07, 6.45) is 1.37. The molecular formula is C10H18N2O3. The molecule has 0 atom stereocenters. The van der Waals surface area contributed by atoms with Gasteiger partial charge in [-0.25, -0.2) is 0 Å². The van der Waals surface area contributed by atoms with E-state index in [0.717, 1.165) is 6.42 Å². The van der Waals surface area contributed by atoms with Gasteiger partial charge in [0.05, 0.1) is 18.7 Å². The number of carbonyl (C=O) groups excluding carboxylic acids is 2. The molecule has 2 N–H and O–H groups in total. The van der Waals surface area contributed by atoms with Crippen LogP contribution in [0.3, 0.4) is 0 Å². The molecule has 0 aromatic carbocycles. The highest BCUT2D eigenvalue weighted by Crippen LogP contribution is 2.09. The Bertz CT molecular complexity index is 263. The van der Waals surface area contributed by atoms with Gasteiger partial charge in [0, 0.05) is 13.0 Å². The van der Waals surface area contributed by atoms with E-state index in [1.807, 2.05) is 0 Å². The van der Waals surface area contributed by atoms with E-state index in [4.69, 9.17) is 5.11 Å². The highest BCUT2D eigenvalue weighted by molar-refractivity contribution is 5.86. The summed E-state index contributed by atoms with van der Waals surface area (Å²) < 4.78 is 0. The monoisotopic (exact) mass is 214 g/mol. The summed E-state index contributed by atoms with van der Waals surface area (Å²) in [7, 11) is 0. The minimum Gasteiger partial charge on any atom is -0.394 e. The van der Waals surface area contributed by atoms with E-state index in [-0.39, 0.29) is 25.0 Å². The first-order chi connectivity index (χ1) is 6.94. The number of aliphatic hydroxyl groups is 1. The topological polar surface area (TPSA) is 69.6 Å². The number of hydrogen-bond acceptors (Lipinski definition) is 3. The molecule has 0 saturated carbocycles. The molecule has 0 spiro atoms. The minimum atomic E-state index is -0.625. The molecule has 0 aromatic heterocycles. The van der Waals surface area contributed by atoms with Crippen LogP contribution in [0.15, 0.2) is 0 Å². The van der Waals surface area contributed by atoms with Crippen molar-refractivity contribution in [3.63, 3.8) is 0 Å². The number of aliphatic hydroxyl groups excluding tert-OH is 1. The third kappa shape index (κ3) is 3.51. The Hall–Kier alpha value is -1.10. The van der Waals surface area contributed by atoms with Gasteiger partial charge in [0.25, 0.3) is 0 Å². The summed E-state index contributed by atoms with van der Waals surface area (Å²) in [5.74, 6) is -0.184. The van der Waals surface area contributed by atoms with Crippen molar-refractivity contribution >= 4 is 11.8 Å². The second kappa shape index (κ2) is 4.61. The van der Waals surface area contributed by atoms with Crippen LogP contribution in [0.4, 0.5) is 0 Å². The number of likely N-dealkylation sites (tertiary alicyclic amines) is 1. The number of hydrogen-bond donors (Lipinski definition) is 2. The zero-order valence-electron chi connectivity index (χ0n) is 9.25. The maximum atomic E-state index is 11.5. The molecule has 0 unspecified atom stereocenters. The van der Waals surface area contributed by atoms with Gasteiger partial charge in [-0.15, -0.1) is 0 Å². The average Bonchev–Trinajstić information content (AvgIpc) is 2.51. The Morgan fingerprint density at radius 1 is 1.60 bits per heavy atom. The first-order valence-electron chi connectivity index (χ1n) is 5.14. The third-order valence-electron chi connectivity index (χ3n) is 2.38. The fourth-order valence-corrected chi connectivity index (χ4v) is 1.50. The van der Waals surface area contributed by atoms with E-state index in [2.05, 4.69) is 5.32 Å². The predicted octanol–water partition coefficient (Wildman–Crippen LogP) is -0.504. The number of nitrogens with one attached hydrogen (secondary N) is 1. The van der Waals surface area contributed by atoms with Crippen molar-refractivity contribution in [1.82, 2.24) is 10.2 Å². The van der Waals surface area contributed by atoms with E-state index in [9.17, 15) is 9.59 Å². The van der Waals surface area contributed by atoms with Crippen LogP contribution in [0.2, 0.25) is 0 Å². The van der Waals surface area contributed by atoms with Crippen molar-refractivity contribution in [1.29, 1.82) is 0 Å². The van der Waals surface area contributed by atoms with Crippen LogP contribution in [0.5, 0.6) is 0 Å². The second-order valence-electron chi connectivity index (χ2n) is 4.51. The van der Waals surface area contributed by atoms with E-state index >= 15 is 0 Å². The van der Waals surface area contributed by atoms with Crippen molar-refractivity contribution in [3.05, 3.63) is 0 Å². The first-order valence-corrected chi connectivity index (χ1v) is 5.14. The lowest BCUT2D eigenvalue weighted by Gasteiger charge is -2.25. The van der Waals surface area contributed by atoms with E-state index in [0.29, 0.717) is 13.0 Å². The van der Waals surface area contributed by atoms with Gasteiger partial charge < -0.3 is 15.3 Å². The lowest BCUT2D eigenvalue weighted by molar-refractivity contribution is -0.133. The number of amides is 2. The van der Waals surface area contributed by atoms with Crippen LogP contribution in [0.1, 0.15) is 26.7 Å². The smallest absolute Gasteiger partial charge is 0.240 e. The maximum absolute atomic E-state index is 11.5. The summed E-state index contributed by atoms with van der Waals surface area (Å²) in [6.45, 7) is 4.11. The minimum absolute atomic E-state index is 0.0342. The third-order valence-corrected chi connectivity index (χ3v) is 2.38. The number of carbonyl (C=O) groups is 2. The van der Waals surface area contributed by atoms with Gasteiger partial charge in [0.2, 0.25) is 11.8 Å². The van der Waals surface area contributed by atoms with Crippen LogP contribution >= 0.6 is 0 Å². The summed E-state index contributed by atoms with van der Waals surface area (Å²) in [5, 5.41) is 11.6. The Morgan fingerprint density at radius 3 is 2.73 bits per heavy atom. The molecule has 1 saturated heterocycles. The molecule has 1 fully saturated rings. The predicted molar refractivity (Wildman–Crippen MR) is 55.1 cm³/mol. The fraction of sp³-hybridized carbons (Fsp3) is 0.800. The van der Waals surface area contributed by atoms with Crippen LogP contribution < -0.4 is 5.32 Å². The van der Waals surface area contributed by atoms with Gasteiger partial charge in [-0.3, -0.25) is 9.59 Å². The number of rotatable bonds is 4. The molecule has 0 bridgehead atoms. The standard InChI is InChI=1S/C10H18N2O3/c1-10(2,7-13)11-8(14)6-12-5-3-4-9(12)15/h13H,3-7H2,1-2H3,(H,11,14). The van der Waals surface area contributed by atoms with Crippen LogP contribution in [-0.4, -0.2) is 47.1 Å². The molecule has 15 heavy (non-hydrogen) atoms. The zero-order chi connectivity index (χ0) is 11.5. The number of nitrogens with zero attached hydrogens (tertiary/aromatic N) is 1. The van der Waals surface area contributed by atoms with Gasteiger partial charge in [-0.05, 0) is 20.3 Å². The molecule has 1 rings (SSSR count). The summed E-state index contributed by atoms with van der Waals surface area (Å²) >= 11 is 0. The van der Waals surface area contributed by atoms with Crippen molar-refractivity contribution in [3.8, 4) is 0 Å². The fourth-order valence-electron chi connectivity index (χ4n) is 1.50. The van der Waals surface area contributed by atoms with E-state index in [1.165, 1.54) is 0 Å². The summed E-state index contributed by atoms with van der Waals surface area (Å²) in [4.78, 5) is 24.3. The molecular weight excluding hydrogens is 196 g/mol. The van der Waals surface area contributed by atoms with Gasteiger partial charge in [0.15, 0.2) is 0 Å². The Morgan fingerprint density at radius 2 is 2.27 bits per heavy atom. The molecule has 5 nitrogen and oxygen atoms in total. The molecule has 1 aliphatic rings. The van der Waals surface area contributed by atoms with Crippen molar-refractivity contribution in [2.24, 2.45) is 0 Å². The molecule has 0 radical (unpaired) electrons. The molecule has 86 valence electrons. The summed E-state index contributed by atoms with van der Waals surface area (Å²) in [5.41, 5.74) is -0.625. The SMILES string of the molecule is CC(C)(CO)NC(=O)CN1CCCC1=O. The van der Waals surface area contributed by atoms with Crippen molar-refractivity contribution in [2.45, 2.75) is 32.2 Å². The maximum Gasteiger partial charge on any atom is 0.240 e.